The van der Waals surface area contributed by atoms with Crippen molar-refractivity contribution in [3.05, 3.63) is 64.0 Å². The van der Waals surface area contributed by atoms with Crippen molar-refractivity contribution in [2.75, 3.05) is 10.8 Å². The van der Waals surface area contributed by atoms with Crippen LogP contribution in [0.4, 0.5) is 5.69 Å². The van der Waals surface area contributed by atoms with E-state index in [1.165, 1.54) is 0 Å². The molecule has 1 aliphatic rings. The van der Waals surface area contributed by atoms with Gasteiger partial charge in [-0.1, -0.05) is 30.3 Å². The normalized spacial score (nSPS) is 14.3. The highest BCUT2D eigenvalue weighted by atomic mass is 32.2. The first kappa shape index (κ1) is 17.2. The molecule has 0 bridgehead atoms. The van der Waals surface area contributed by atoms with Gasteiger partial charge < -0.3 is 0 Å². The summed E-state index contributed by atoms with van der Waals surface area (Å²) in [5.74, 6) is 0. The highest BCUT2D eigenvalue weighted by molar-refractivity contribution is 7.92. The first-order valence-electron chi connectivity index (χ1n) is 8.60. The molecule has 0 spiro atoms. The Morgan fingerprint density at radius 2 is 1.92 bits per heavy atom. The average molecular weight is 385 g/mol. The minimum atomic E-state index is -3.62. The molecule has 26 heavy (non-hydrogen) atoms. The molecule has 1 aliphatic heterocycles. The van der Waals surface area contributed by atoms with E-state index in [0.29, 0.717) is 11.4 Å². The largest absolute Gasteiger partial charge is 0.266 e. The Labute approximate surface area is 158 Å². The minimum Gasteiger partial charge on any atom is -0.266 e. The van der Waals surface area contributed by atoms with Gasteiger partial charge in [-0.2, -0.15) is 0 Å². The van der Waals surface area contributed by atoms with Crippen LogP contribution >= 0.6 is 11.3 Å². The molecule has 134 valence electrons. The van der Waals surface area contributed by atoms with E-state index in [1.807, 2.05) is 55.6 Å². The highest BCUT2D eigenvalue weighted by Gasteiger charge is 2.30. The van der Waals surface area contributed by atoms with Crippen molar-refractivity contribution in [2.24, 2.45) is 0 Å². The Kier molecular flexibility index (Phi) is 4.32. The third-order valence-electron chi connectivity index (χ3n) is 4.74. The Morgan fingerprint density at radius 1 is 1.12 bits per heavy atom. The second kappa shape index (κ2) is 6.52. The monoisotopic (exact) mass is 384 g/mol. The SMILES string of the molecule is Cc1nc(-c2ccc(C)c(S(=O)(=O)N3CCCc4ccccc43)c2)cs1. The van der Waals surface area contributed by atoms with Gasteiger partial charge in [0.2, 0.25) is 0 Å². The van der Waals surface area contributed by atoms with Crippen LogP contribution in [0.25, 0.3) is 11.3 Å². The Hall–Kier alpha value is -2.18. The van der Waals surface area contributed by atoms with E-state index in [0.717, 1.165) is 45.9 Å². The van der Waals surface area contributed by atoms with Crippen LogP contribution in [0.2, 0.25) is 0 Å². The third kappa shape index (κ3) is 2.93. The Morgan fingerprint density at radius 3 is 2.69 bits per heavy atom. The first-order chi connectivity index (χ1) is 12.5. The van der Waals surface area contributed by atoms with Crippen LogP contribution in [0, 0.1) is 13.8 Å². The summed E-state index contributed by atoms with van der Waals surface area (Å²) in [6.45, 7) is 4.31. The molecule has 0 amide bonds. The number of fused-ring (bicyclic) bond motifs is 1. The number of sulfonamides is 1. The zero-order valence-corrected chi connectivity index (χ0v) is 16.4. The standard InChI is InChI=1S/C20H20N2O2S2/c1-14-9-10-17(18-13-25-15(2)21-18)12-20(14)26(23,24)22-11-5-7-16-6-3-4-8-19(16)22/h3-4,6,8-10,12-13H,5,7,11H2,1-2H3. The van der Waals surface area contributed by atoms with Crippen molar-refractivity contribution in [2.45, 2.75) is 31.6 Å². The van der Waals surface area contributed by atoms with Crippen molar-refractivity contribution in [1.29, 1.82) is 0 Å². The zero-order valence-electron chi connectivity index (χ0n) is 14.8. The summed E-state index contributed by atoms with van der Waals surface area (Å²) in [5, 5.41) is 2.93. The van der Waals surface area contributed by atoms with Crippen molar-refractivity contribution in [3.8, 4) is 11.3 Å². The molecule has 4 rings (SSSR count). The van der Waals surface area contributed by atoms with Crippen LogP contribution in [0.3, 0.4) is 0 Å². The third-order valence-corrected chi connectivity index (χ3v) is 7.47. The number of aromatic nitrogens is 1. The minimum absolute atomic E-state index is 0.359. The van der Waals surface area contributed by atoms with Gasteiger partial charge in [0.1, 0.15) is 0 Å². The summed E-state index contributed by atoms with van der Waals surface area (Å²) < 4.78 is 28.5. The maximum atomic E-state index is 13.5. The summed E-state index contributed by atoms with van der Waals surface area (Å²) in [5.41, 5.74) is 4.30. The smallest absolute Gasteiger partial charge is 0.264 e. The molecule has 1 aromatic heterocycles. The van der Waals surface area contributed by atoms with Gasteiger partial charge in [-0.15, -0.1) is 11.3 Å². The van der Waals surface area contributed by atoms with Crippen LogP contribution in [0.15, 0.2) is 52.7 Å². The molecule has 6 heteroatoms. The zero-order chi connectivity index (χ0) is 18.3. The summed E-state index contributed by atoms with van der Waals surface area (Å²) in [7, 11) is -3.62. The number of thiazole rings is 1. The molecular formula is C20H20N2O2S2. The predicted molar refractivity (Wildman–Crippen MR) is 106 cm³/mol. The summed E-state index contributed by atoms with van der Waals surface area (Å²) in [6.07, 6.45) is 1.75. The van der Waals surface area contributed by atoms with Crippen LogP contribution in [0.5, 0.6) is 0 Å². The molecule has 0 N–H and O–H groups in total. The van der Waals surface area contributed by atoms with E-state index in [-0.39, 0.29) is 0 Å². The quantitative estimate of drug-likeness (QED) is 0.665. The number of nitrogens with zero attached hydrogens (tertiary/aromatic N) is 2. The molecule has 0 fully saturated rings. The van der Waals surface area contributed by atoms with Gasteiger partial charge in [0.15, 0.2) is 0 Å². The molecule has 0 aliphatic carbocycles. The number of aryl methyl sites for hydroxylation is 3. The molecular weight excluding hydrogens is 364 g/mol. The molecule has 3 aromatic rings. The van der Waals surface area contributed by atoms with Gasteiger partial charge in [0, 0.05) is 17.5 Å². The lowest BCUT2D eigenvalue weighted by Crippen LogP contribution is -2.35. The Balaban J connectivity index is 1.82. The number of rotatable bonds is 3. The summed E-state index contributed by atoms with van der Waals surface area (Å²) >= 11 is 1.56. The fourth-order valence-electron chi connectivity index (χ4n) is 3.40. The summed E-state index contributed by atoms with van der Waals surface area (Å²) in [4.78, 5) is 4.85. The molecule has 2 aromatic carbocycles. The van der Waals surface area contributed by atoms with Gasteiger partial charge >= 0.3 is 0 Å². The lowest BCUT2D eigenvalue weighted by atomic mass is 10.0. The van der Waals surface area contributed by atoms with Crippen molar-refractivity contribution in [3.63, 3.8) is 0 Å². The highest BCUT2D eigenvalue weighted by Crippen LogP contribution is 2.34. The lowest BCUT2D eigenvalue weighted by Gasteiger charge is -2.31. The van der Waals surface area contributed by atoms with E-state index in [4.69, 9.17) is 0 Å². The van der Waals surface area contributed by atoms with Gasteiger partial charge in [-0.3, -0.25) is 4.31 Å². The van der Waals surface area contributed by atoms with E-state index < -0.39 is 10.0 Å². The second-order valence-electron chi connectivity index (χ2n) is 6.54. The van der Waals surface area contributed by atoms with E-state index >= 15 is 0 Å². The molecule has 0 saturated carbocycles. The maximum absolute atomic E-state index is 13.5. The number of hydrogen-bond acceptors (Lipinski definition) is 4. The molecule has 0 radical (unpaired) electrons. The van der Waals surface area contributed by atoms with Crippen molar-refractivity contribution < 1.29 is 8.42 Å². The first-order valence-corrected chi connectivity index (χ1v) is 10.9. The molecule has 0 saturated heterocycles. The van der Waals surface area contributed by atoms with Crippen LogP contribution in [-0.4, -0.2) is 19.9 Å². The van der Waals surface area contributed by atoms with Crippen LogP contribution in [-0.2, 0) is 16.4 Å². The van der Waals surface area contributed by atoms with E-state index in [2.05, 4.69) is 4.98 Å². The average Bonchev–Trinajstić information content (AvgIpc) is 3.08. The number of hydrogen-bond donors (Lipinski definition) is 0. The maximum Gasteiger partial charge on any atom is 0.264 e. The fraction of sp³-hybridized carbons (Fsp3) is 0.250. The van der Waals surface area contributed by atoms with Crippen molar-refractivity contribution >= 4 is 27.0 Å². The van der Waals surface area contributed by atoms with E-state index in [1.54, 1.807) is 21.7 Å². The second-order valence-corrected chi connectivity index (χ2v) is 9.43. The van der Waals surface area contributed by atoms with Gasteiger partial charge in [0.05, 0.1) is 21.3 Å². The summed E-state index contributed by atoms with van der Waals surface area (Å²) in [6, 6.07) is 13.3. The number of anilines is 1. The van der Waals surface area contributed by atoms with Gasteiger partial charge in [-0.25, -0.2) is 13.4 Å². The predicted octanol–water partition coefficient (Wildman–Crippen LogP) is 4.57. The molecule has 0 atom stereocenters. The molecule has 4 nitrogen and oxygen atoms in total. The lowest BCUT2D eigenvalue weighted by molar-refractivity contribution is 0.586. The molecule has 2 heterocycles. The fourth-order valence-corrected chi connectivity index (χ4v) is 5.82. The van der Waals surface area contributed by atoms with Gasteiger partial charge in [-0.05, 0) is 49.9 Å². The Bertz CT molecular complexity index is 1070. The van der Waals surface area contributed by atoms with Crippen molar-refractivity contribution in [1.82, 2.24) is 4.98 Å². The topological polar surface area (TPSA) is 50.3 Å². The van der Waals surface area contributed by atoms with Gasteiger partial charge in [0.25, 0.3) is 10.0 Å². The van der Waals surface area contributed by atoms with E-state index in [9.17, 15) is 8.42 Å². The molecule has 0 unspecified atom stereocenters. The van der Waals surface area contributed by atoms with Crippen LogP contribution in [0.1, 0.15) is 22.6 Å². The number of benzene rings is 2. The number of para-hydroxylation sites is 1. The van der Waals surface area contributed by atoms with Crippen LogP contribution < -0.4 is 4.31 Å².